The van der Waals surface area contributed by atoms with Crippen molar-refractivity contribution in [3.63, 3.8) is 0 Å². The molecule has 0 saturated carbocycles. The highest BCUT2D eigenvalue weighted by atomic mass is 19.2. The van der Waals surface area contributed by atoms with Gasteiger partial charge in [-0.05, 0) is 12.1 Å². The molecule has 0 N–H and O–H groups in total. The van der Waals surface area contributed by atoms with E-state index in [1.165, 1.54) is 0 Å². The van der Waals surface area contributed by atoms with E-state index in [1.807, 2.05) is 0 Å². The van der Waals surface area contributed by atoms with Gasteiger partial charge in [0.2, 0.25) is 17.4 Å². The van der Waals surface area contributed by atoms with E-state index in [0.717, 1.165) is 0 Å². The van der Waals surface area contributed by atoms with E-state index in [1.54, 1.807) is 0 Å². The van der Waals surface area contributed by atoms with Gasteiger partial charge in [-0.25, -0.2) is 39.5 Å². The van der Waals surface area contributed by atoms with Gasteiger partial charge < -0.3 is 0 Å². The maximum atomic E-state index is 13.8. The summed E-state index contributed by atoms with van der Waals surface area (Å²) in [6, 6.07) is 0.290. The van der Waals surface area contributed by atoms with Crippen molar-refractivity contribution in [2.75, 3.05) is 0 Å². The molecule has 138 valence electrons. The average molecular weight is 388 g/mol. The molecule has 0 radical (unpaired) electrons. The number of ketones is 1. The molecule has 1 nitrogen and oxygen atoms in total. The third kappa shape index (κ3) is 2.93. The van der Waals surface area contributed by atoms with Crippen LogP contribution < -0.4 is 0 Å². The second-order valence-electron chi connectivity index (χ2n) is 4.62. The monoisotopic (exact) mass is 388 g/mol. The van der Waals surface area contributed by atoms with Gasteiger partial charge in [-0.2, -0.15) is 4.39 Å². The van der Waals surface area contributed by atoms with Gasteiger partial charge in [-0.3, -0.25) is 4.79 Å². The molecule has 0 aromatic heterocycles. The molecule has 0 fully saturated rings. The Hall–Kier alpha value is -2.85. The zero-order chi connectivity index (χ0) is 19.9. The van der Waals surface area contributed by atoms with Crippen LogP contribution in [0.5, 0.6) is 0 Å². The standard InChI is InChI=1S/C15H2F10O/c16-4-2-1-3(6(17)8(4)19)7(18)14(25)15(26)5-9(20)11(22)13(24)12(23)10(5)21/h1-2H. The normalized spacial score (nSPS) is 12.2. The maximum absolute atomic E-state index is 13.8. The molecule has 2 rings (SSSR count). The minimum atomic E-state index is -2.79. The van der Waals surface area contributed by atoms with E-state index >= 15 is 0 Å². The molecule has 0 atom stereocenters. The first-order valence-corrected chi connectivity index (χ1v) is 6.25. The Bertz CT molecular complexity index is 935. The van der Waals surface area contributed by atoms with E-state index in [0.29, 0.717) is 0 Å². The highest BCUT2D eigenvalue weighted by Gasteiger charge is 2.33. The molecule has 0 unspecified atom stereocenters. The Balaban J connectivity index is 2.68. The summed E-state index contributed by atoms with van der Waals surface area (Å²) in [5.41, 5.74) is -4.00. The number of carbonyl (C=O) groups excluding carboxylic acids is 1. The van der Waals surface area contributed by atoms with E-state index in [9.17, 15) is 48.7 Å². The Kier molecular flexibility index (Phi) is 5.10. The second kappa shape index (κ2) is 6.81. The van der Waals surface area contributed by atoms with Gasteiger partial charge in [0, 0.05) is 0 Å². The van der Waals surface area contributed by atoms with Crippen LogP contribution in [0.25, 0.3) is 5.83 Å². The summed E-state index contributed by atoms with van der Waals surface area (Å²) < 4.78 is 133. The minimum Gasteiger partial charge on any atom is -0.286 e. The summed E-state index contributed by atoms with van der Waals surface area (Å²) in [6.45, 7) is 0. The van der Waals surface area contributed by atoms with Gasteiger partial charge in [-0.15, -0.1) is 0 Å². The van der Waals surface area contributed by atoms with Crippen molar-refractivity contribution in [1.29, 1.82) is 0 Å². The Morgan fingerprint density at radius 2 is 1.08 bits per heavy atom. The lowest BCUT2D eigenvalue weighted by Crippen LogP contribution is -2.14. The first kappa shape index (κ1) is 19.5. The Morgan fingerprint density at radius 1 is 0.615 bits per heavy atom. The van der Waals surface area contributed by atoms with Crippen LogP contribution in [0.15, 0.2) is 18.0 Å². The first-order chi connectivity index (χ1) is 12.0. The predicted octanol–water partition coefficient (Wildman–Crippen LogP) is 5.29. The van der Waals surface area contributed by atoms with Gasteiger partial charge >= 0.3 is 0 Å². The number of halogens is 10. The number of Topliss-reactive ketones (excluding diaryl/α,β-unsaturated/α-hetero) is 1. The van der Waals surface area contributed by atoms with Crippen LogP contribution in [-0.4, -0.2) is 5.78 Å². The van der Waals surface area contributed by atoms with E-state index in [2.05, 4.69) is 0 Å². The zero-order valence-corrected chi connectivity index (χ0v) is 11.8. The molecule has 0 amide bonds. The topological polar surface area (TPSA) is 17.1 Å². The van der Waals surface area contributed by atoms with Crippen molar-refractivity contribution in [3.05, 3.63) is 75.6 Å². The molecular formula is C15H2F10O. The fraction of sp³-hybridized carbons (Fsp3) is 0. The lowest BCUT2D eigenvalue weighted by Gasteiger charge is -2.08. The summed E-state index contributed by atoms with van der Waals surface area (Å²) in [7, 11) is 0. The first-order valence-electron chi connectivity index (χ1n) is 6.25. The predicted molar refractivity (Wildman–Crippen MR) is 66.0 cm³/mol. The highest BCUT2D eigenvalue weighted by molar-refractivity contribution is 6.11. The van der Waals surface area contributed by atoms with E-state index in [4.69, 9.17) is 0 Å². The average Bonchev–Trinajstić information content (AvgIpc) is 2.61. The van der Waals surface area contributed by atoms with Gasteiger partial charge in [0.05, 0.1) is 5.56 Å². The van der Waals surface area contributed by atoms with Crippen molar-refractivity contribution in [1.82, 2.24) is 0 Å². The molecule has 0 bridgehead atoms. The van der Waals surface area contributed by atoms with Crippen molar-refractivity contribution < 1.29 is 48.7 Å². The number of carbonyl (C=O) groups is 1. The molecule has 0 aliphatic heterocycles. The molecule has 2 aromatic carbocycles. The van der Waals surface area contributed by atoms with Crippen molar-refractivity contribution in [3.8, 4) is 0 Å². The third-order valence-electron chi connectivity index (χ3n) is 3.10. The van der Waals surface area contributed by atoms with Gasteiger partial charge in [0.15, 0.2) is 46.5 Å². The maximum Gasteiger partial charge on any atom is 0.230 e. The SMILES string of the molecule is O=C(C(F)=C(F)c1ccc(F)c(F)c1F)c1c(F)c(F)c(F)c(F)c1F. The molecule has 26 heavy (non-hydrogen) atoms. The lowest BCUT2D eigenvalue weighted by atomic mass is 10.0. The molecule has 2 aromatic rings. The fourth-order valence-electron chi connectivity index (χ4n) is 1.83. The van der Waals surface area contributed by atoms with Gasteiger partial charge in [0.1, 0.15) is 5.56 Å². The van der Waals surface area contributed by atoms with Crippen molar-refractivity contribution in [2.45, 2.75) is 0 Å². The zero-order valence-electron chi connectivity index (χ0n) is 11.8. The molecule has 0 heterocycles. The summed E-state index contributed by atoms with van der Waals surface area (Å²) in [5.74, 6) is -27.8. The van der Waals surface area contributed by atoms with Gasteiger partial charge in [-0.1, -0.05) is 0 Å². The van der Waals surface area contributed by atoms with Crippen LogP contribution in [0.3, 0.4) is 0 Å². The van der Waals surface area contributed by atoms with Gasteiger partial charge in [0.25, 0.3) is 0 Å². The van der Waals surface area contributed by atoms with Crippen LogP contribution in [0.1, 0.15) is 15.9 Å². The lowest BCUT2D eigenvalue weighted by molar-refractivity contribution is 0.0993. The minimum absolute atomic E-state index is 0.142. The Labute approximate surface area is 137 Å². The molecule has 0 aliphatic carbocycles. The van der Waals surface area contributed by atoms with Crippen molar-refractivity contribution >= 4 is 11.6 Å². The number of benzene rings is 2. The molecule has 0 saturated heterocycles. The second-order valence-corrected chi connectivity index (χ2v) is 4.62. The smallest absolute Gasteiger partial charge is 0.230 e. The largest absolute Gasteiger partial charge is 0.286 e. The third-order valence-corrected chi connectivity index (χ3v) is 3.10. The van der Waals surface area contributed by atoms with Crippen LogP contribution in [0.2, 0.25) is 0 Å². The summed E-state index contributed by atoms with van der Waals surface area (Å²) >= 11 is 0. The molecule has 0 spiro atoms. The highest BCUT2D eigenvalue weighted by Crippen LogP contribution is 2.31. The number of allylic oxidation sites excluding steroid dienone is 1. The number of hydrogen-bond acceptors (Lipinski definition) is 1. The molecular weight excluding hydrogens is 386 g/mol. The van der Waals surface area contributed by atoms with E-state index in [-0.39, 0.29) is 12.1 Å². The fourth-order valence-corrected chi connectivity index (χ4v) is 1.83. The summed E-state index contributed by atoms with van der Waals surface area (Å²) in [4.78, 5) is 11.6. The quantitative estimate of drug-likeness (QED) is 0.230. The van der Waals surface area contributed by atoms with Crippen LogP contribution in [-0.2, 0) is 0 Å². The summed E-state index contributed by atoms with van der Waals surface area (Å²) in [6.07, 6.45) is 0. The van der Waals surface area contributed by atoms with Crippen LogP contribution >= 0.6 is 0 Å². The number of rotatable bonds is 3. The molecule has 0 aliphatic rings. The summed E-state index contributed by atoms with van der Waals surface area (Å²) in [5, 5.41) is 0. The molecule has 11 heteroatoms. The van der Waals surface area contributed by atoms with E-state index < -0.39 is 75.1 Å². The number of hydrogen-bond donors (Lipinski definition) is 0. The Morgan fingerprint density at radius 3 is 1.58 bits per heavy atom. The van der Waals surface area contributed by atoms with Crippen LogP contribution in [0, 0.1) is 46.5 Å². The van der Waals surface area contributed by atoms with Crippen molar-refractivity contribution in [2.24, 2.45) is 0 Å². The van der Waals surface area contributed by atoms with Crippen LogP contribution in [0.4, 0.5) is 43.9 Å².